The van der Waals surface area contributed by atoms with Gasteiger partial charge in [-0.1, -0.05) is 45.0 Å². The van der Waals surface area contributed by atoms with Gasteiger partial charge in [-0.2, -0.15) is 5.10 Å². The van der Waals surface area contributed by atoms with E-state index in [-0.39, 0.29) is 18.6 Å². The highest BCUT2D eigenvalue weighted by Crippen LogP contribution is 2.33. The van der Waals surface area contributed by atoms with Gasteiger partial charge < -0.3 is 9.47 Å². The Bertz CT molecular complexity index is 1120. The van der Waals surface area contributed by atoms with Gasteiger partial charge in [0, 0.05) is 17.3 Å². The minimum atomic E-state index is -0.227. The molecule has 1 aliphatic heterocycles. The van der Waals surface area contributed by atoms with Crippen molar-refractivity contribution in [2.24, 2.45) is 16.9 Å². The summed E-state index contributed by atoms with van der Waals surface area (Å²) in [6, 6.07) is 15.5. The molecular formula is C25H27N3O3. The third-order valence-electron chi connectivity index (χ3n) is 5.12. The van der Waals surface area contributed by atoms with Crippen LogP contribution in [0.15, 0.2) is 53.6 Å². The van der Waals surface area contributed by atoms with Crippen molar-refractivity contribution in [1.29, 1.82) is 0 Å². The maximum atomic E-state index is 12.9. The molecule has 6 nitrogen and oxygen atoms in total. The molecule has 31 heavy (non-hydrogen) atoms. The van der Waals surface area contributed by atoms with Gasteiger partial charge in [-0.3, -0.25) is 9.78 Å². The minimum Gasteiger partial charge on any atom is -0.454 e. The Labute approximate surface area is 182 Å². The molecule has 1 atom stereocenters. The molecule has 0 bridgehead atoms. The summed E-state index contributed by atoms with van der Waals surface area (Å²) >= 11 is 0. The number of hydrogen-bond donors (Lipinski definition) is 1. The summed E-state index contributed by atoms with van der Waals surface area (Å²) in [5.41, 5.74) is 6.16. The third kappa shape index (κ3) is 5.02. The van der Waals surface area contributed by atoms with Crippen LogP contribution in [0.4, 0.5) is 0 Å². The van der Waals surface area contributed by atoms with Crippen LogP contribution in [0.1, 0.15) is 42.4 Å². The van der Waals surface area contributed by atoms with Gasteiger partial charge >= 0.3 is 0 Å². The first-order chi connectivity index (χ1) is 15.0. The van der Waals surface area contributed by atoms with Gasteiger partial charge in [-0.15, -0.1) is 0 Å². The van der Waals surface area contributed by atoms with Gasteiger partial charge in [-0.05, 0) is 54.5 Å². The van der Waals surface area contributed by atoms with Crippen molar-refractivity contribution in [1.82, 2.24) is 10.4 Å². The number of para-hydroxylation sites is 1. The summed E-state index contributed by atoms with van der Waals surface area (Å²) in [7, 11) is 0. The Kier molecular flexibility index (Phi) is 6.16. The summed E-state index contributed by atoms with van der Waals surface area (Å²) in [5.74, 6) is 1.93. The molecule has 1 aromatic heterocycles. The average molecular weight is 418 g/mol. The summed E-state index contributed by atoms with van der Waals surface area (Å²) in [6.07, 6.45) is 3.37. The topological polar surface area (TPSA) is 72.8 Å². The highest BCUT2D eigenvalue weighted by molar-refractivity contribution is 6.06. The Morgan fingerprint density at radius 2 is 1.90 bits per heavy atom. The van der Waals surface area contributed by atoms with Crippen molar-refractivity contribution in [3.05, 3.63) is 65.4 Å². The number of aromatic nitrogens is 1. The van der Waals surface area contributed by atoms with Gasteiger partial charge in [0.1, 0.15) is 0 Å². The van der Waals surface area contributed by atoms with Gasteiger partial charge in [-0.25, -0.2) is 5.43 Å². The molecule has 0 spiro atoms. The lowest BCUT2D eigenvalue weighted by molar-refractivity contribution is 0.0956. The maximum Gasteiger partial charge on any atom is 0.272 e. The van der Waals surface area contributed by atoms with Crippen LogP contribution in [0.3, 0.4) is 0 Å². The summed E-state index contributed by atoms with van der Waals surface area (Å²) < 4.78 is 10.8. The number of ether oxygens (including phenoxy) is 2. The summed E-state index contributed by atoms with van der Waals surface area (Å²) in [6.45, 7) is 6.61. The Balaban J connectivity index is 1.44. The Morgan fingerprint density at radius 1 is 1.10 bits per heavy atom. The van der Waals surface area contributed by atoms with E-state index in [1.54, 1.807) is 6.21 Å². The number of pyridine rings is 1. The molecule has 1 aliphatic rings. The van der Waals surface area contributed by atoms with Crippen LogP contribution in [0.5, 0.6) is 11.5 Å². The van der Waals surface area contributed by atoms with Crippen molar-refractivity contribution in [3.63, 3.8) is 0 Å². The van der Waals surface area contributed by atoms with Crippen LogP contribution in [0.2, 0.25) is 0 Å². The Morgan fingerprint density at radius 3 is 2.74 bits per heavy atom. The SMILES string of the molecule is CC(C)Cc1cc(C(=O)N/N=C/C(C)Cc2ccc3c(c2)OCO3)c2ccccc2n1. The number of hydrogen-bond acceptors (Lipinski definition) is 5. The average Bonchev–Trinajstić information content (AvgIpc) is 3.20. The summed E-state index contributed by atoms with van der Waals surface area (Å²) in [4.78, 5) is 17.6. The molecule has 0 radical (unpaired) electrons. The molecule has 0 aliphatic carbocycles. The Hall–Kier alpha value is -3.41. The highest BCUT2D eigenvalue weighted by Gasteiger charge is 2.15. The van der Waals surface area contributed by atoms with Crippen LogP contribution in [-0.2, 0) is 12.8 Å². The zero-order chi connectivity index (χ0) is 21.8. The molecule has 0 fully saturated rings. The molecule has 2 heterocycles. The first-order valence-corrected chi connectivity index (χ1v) is 10.6. The third-order valence-corrected chi connectivity index (χ3v) is 5.12. The standard InChI is InChI=1S/C25H27N3O3/c1-16(2)10-19-13-21(20-6-4-5-7-22(20)27-19)25(29)28-26-14-17(3)11-18-8-9-23-24(12-18)31-15-30-23/h4-9,12-14,16-17H,10-11,15H2,1-3H3,(H,28,29)/b26-14+. The fraction of sp³-hybridized carbons (Fsp3) is 0.320. The lowest BCUT2D eigenvalue weighted by Gasteiger charge is -2.10. The molecule has 6 heteroatoms. The van der Waals surface area contributed by atoms with E-state index in [0.29, 0.717) is 11.5 Å². The van der Waals surface area contributed by atoms with Crippen molar-refractivity contribution in [2.75, 3.05) is 6.79 Å². The number of hydrazone groups is 1. The van der Waals surface area contributed by atoms with Crippen LogP contribution < -0.4 is 14.9 Å². The van der Waals surface area contributed by atoms with E-state index in [2.05, 4.69) is 31.3 Å². The molecule has 1 amide bonds. The van der Waals surface area contributed by atoms with Crippen molar-refractivity contribution in [2.45, 2.75) is 33.6 Å². The van der Waals surface area contributed by atoms with E-state index in [1.807, 2.05) is 48.5 Å². The minimum absolute atomic E-state index is 0.145. The number of carbonyl (C=O) groups excluding carboxylic acids is 1. The van der Waals surface area contributed by atoms with E-state index >= 15 is 0 Å². The fourth-order valence-corrected chi connectivity index (χ4v) is 3.72. The van der Waals surface area contributed by atoms with E-state index in [1.165, 1.54) is 0 Å². The van der Waals surface area contributed by atoms with E-state index < -0.39 is 0 Å². The second kappa shape index (κ2) is 9.16. The lowest BCUT2D eigenvalue weighted by Crippen LogP contribution is -2.19. The quantitative estimate of drug-likeness (QED) is 0.444. The predicted octanol–water partition coefficient (Wildman–Crippen LogP) is 4.76. The molecule has 1 unspecified atom stereocenters. The first kappa shape index (κ1) is 20.8. The second-order valence-corrected chi connectivity index (χ2v) is 8.36. The number of nitrogens with zero attached hydrogens (tertiary/aromatic N) is 2. The smallest absolute Gasteiger partial charge is 0.272 e. The molecule has 160 valence electrons. The van der Waals surface area contributed by atoms with E-state index in [0.717, 1.165) is 46.5 Å². The number of amides is 1. The van der Waals surface area contributed by atoms with Crippen LogP contribution in [-0.4, -0.2) is 23.9 Å². The predicted molar refractivity (Wildman–Crippen MR) is 122 cm³/mol. The first-order valence-electron chi connectivity index (χ1n) is 10.6. The van der Waals surface area contributed by atoms with Crippen LogP contribution in [0.25, 0.3) is 10.9 Å². The van der Waals surface area contributed by atoms with Gasteiger partial charge in [0.25, 0.3) is 5.91 Å². The molecule has 2 aromatic carbocycles. The van der Waals surface area contributed by atoms with Crippen molar-refractivity contribution in [3.8, 4) is 11.5 Å². The summed E-state index contributed by atoms with van der Waals surface area (Å²) in [5, 5.41) is 5.04. The zero-order valence-electron chi connectivity index (χ0n) is 18.1. The number of nitrogens with one attached hydrogen (secondary N) is 1. The van der Waals surface area contributed by atoms with Gasteiger partial charge in [0.15, 0.2) is 11.5 Å². The van der Waals surface area contributed by atoms with Gasteiger partial charge in [0.05, 0.1) is 11.1 Å². The van der Waals surface area contributed by atoms with E-state index in [9.17, 15) is 4.79 Å². The molecule has 4 rings (SSSR count). The number of rotatable bonds is 7. The maximum absolute atomic E-state index is 12.9. The van der Waals surface area contributed by atoms with Crippen LogP contribution >= 0.6 is 0 Å². The fourth-order valence-electron chi connectivity index (χ4n) is 3.72. The molecular weight excluding hydrogens is 390 g/mol. The molecule has 3 aromatic rings. The van der Waals surface area contributed by atoms with Crippen molar-refractivity contribution >= 4 is 23.0 Å². The number of benzene rings is 2. The number of fused-ring (bicyclic) bond motifs is 2. The lowest BCUT2D eigenvalue weighted by atomic mass is 10.0. The number of carbonyl (C=O) groups is 1. The molecule has 0 saturated heterocycles. The largest absolute Gasteiger partial charge is 0.454 e. The molecule has 1 N–H and O–H groups in total. The zero-order valence-corrected chi connectivity index (χ0v) is 18.1. The molecule has 0 saturated carbocycles. The van der Waals surface area contributed by atoms with E-state index in [4.69, 9.17) is 14.5 Å². The second-order valence-electron chi connectivity index (χ2n) is 8.36. The van der Waals surface area contributed by atoms with Gasteiger partial charge in [0.2, 0.25) is 6.79 Å². The monoisotopic (exact) mass is 417 g/mol. The van der Waals surface area contributed by atoms with Crippen LogP contribution in [0, 0.1) is 11.8 Å². The highest BCUT2D eigenvalue weighted by atomic mass is 16.7. The normalized spacial score (nSPS) is 13.8. The van der Waals surface area contributed by atoms with Crippen molar-refractivity contribution < 1.29 is 14.3 Å².